The van der Waals surface area contributed by atoms with Crippen LogP contribution in [0.25, 0.3) is 0 Å². The molecule has 0 radical (unpaired) electrons. The van der Waals surface area contributed by atoms with Gasteiger partial charge in [-0.3, -0.25) is 14.7 Å². The summed E-state index contributed by atoms with van der Waals surface area (Å²) in [5, 5.41) is 12.5. The molecule has 21 heavy (non-hydrogen) atoms. The maximum Gasteiger partial charge on any atom is 0.259 e. The van der Waals surface area contributed by atoms with Crippen LogP contribution in [0.2, 0.25) is 0 Å². The number of nitrogens with one attached hydrogen (secondary N) is 3. The molecule has 108 valence electrons. The summed E-state index contributed by atoms with van der Waals surface area (Å²) >= 11 is 0. The van der Waals surface area contributed by atoms with Crippen molar-refractivity contribution in [2.24, 2.45) is 0 Å². The number of nitrogens with zero attached hydrogens (tertiary/aromatic N) is 1. The lowest BCUT2D eigenvalue weighted by molar-refractivity contribution is -0.116. The van der Waals surface area contributed by atoms with Crippen LogP contribution in [0.15, 0.2) is 18.2 Å². The molecule has 2 aromatic rings. The van der Waals surface area contributed by atoms with Crippen LogP contribution in [0.1, 0.15) is 33.7 Å². The molecule has 2 amide bonds. The van der Waals surface area contributed by atoms with Gasteiger partial charge in [-0.25, -0.2) is 0 Å². The van der Waals surface area contributed by atoms with Crippen LogP contribution in [0.4, 0.5) is 11.4 Å². The second kappa shape index (κ2) is 5.05. The minimum absolute atomic E-state index is 0.0314. The Morgan fingerprint density at radius 3 is 2.81 bits per heavy atom. The Labute approximate surface area is 121 Å². The van der Waals surface area contributed by atoms with Crippen molar-refractivity contribution in [1.82, 2.24) is 10.2 Å². The summed E-state index contributed by atoms with van der Waals surface area (Å²) in [6, 6.07) is 5.50. The molecule has 0 aliphatic carbocycles. The van der Waals surface area contributed by atoms with Crippen LogP contribution < -0.4 is 10.6 Å². The number of anilines is 2. The molecular formula is C15H16N4O2. The van der Waals surface area contributed by atoms with E-state index in [0.29, 0.717) is 24.1 Å². The highest BCUT2D eigenvalue weighted by Crippen LogP contribution is 2.26. The second-order valence-electron chi connectivity index (χ2n) is 5.18. The second-order valence-corrected chi connectivity index (χ2v) is 5.18. The first-order valence-electron chi connectivity index (χ1n) is 6.80. The lowest BCUT2D eigenvalue weighted by atomic mass is 10.0. The lowest BCUT2D eigenvalue weighted by Gasteiger charge is -2.17. The number of H-pyrrole nitrogens is 1. The molecule has 0 spiro atoms. The highest BCUT2D eigenvalue weighted by Gasteiger charge is 2.18. The third-order valence-corrected chi connectivity index (χ3v) is 3.61. The first-order valence-corrected chi connectivity index (χ1v) is 6.80. The number of fused-ring (bicyclic) bond motifs is 1. The fraction of sp³-hybridized carbons (Fsp3) is 0.267. The van der Waals surface area contributed by atoms with Crippen molar-refractivity contribution < 1.29 is 9.59 Å². The Morgan fingerprint density at radius 1 is 1.29 bits per heavy atom. The van der Waals surface area contributed by atoms with Crippen molar-refractivity contribution in [3.63, 3.8) is 0 Å². The number of hydrogen-bond donors (Lipinski definition) is 3. The van der Waals surface area contributed by atoms with E-state index in [9.17, 15) is 9.59 Å². The van der Waals surface area contributed by atoms with Crippen molar-refractivity contribution in [3.05, 3.63) is 40.7 Å². The zero-order valence-corrected chi connectivity index (χ0v) is 11.9. The van der Waals surface area contributed by atoms with Gasteiger partial charge in [-0.2, -0.15) is 5.10 Å². The Balaban J connectivity index is 1.83. The van der Waals surface area contributed by atoms with Gasteiger partial charge in [0.1, 0.15) is 0 Å². The molecule has 1 aliphatic heterocycles. The van der Waals surface area contributed by atoms with E-state index in [-0.39, 0.29) is 11.8 Å². The molecule has 1 aromatic carbocycles. The van der Waals surface area contributed by atoms with Crippen LogP contribution in [0.5, 0.6) is 0 Å². The van der Waals surface area contributed by atoms with Crippen molar-refractivity contribution >= 4 is 23.2 Å². The number of amides is 2. The normalized spacial score (nSPS) is 13.5. The number of aromatic nitrogens is 2. The average Bonchev–Trinajstić information content (AvgIpc) is 2.78. The molecular weight excluding hydrogens is 268 g/mol. The monoisotopic (exact) mass is 284 g/mol. The summed E-state index contributed by atoms with van der Waals surface area (Å²) < 4.78 is 0. The van der Waals surface area contributed by atoms with Crippen LogP contribution in [-0.4, -0.2) is 22.0 Å². The lowest BCUT2D eigenvalue weighted by Crippen LogP contribution is -2.19. The summed E-state index contributed by atoms with van der Waals surface area (Å²) in [6.45, 7) is 3.61. The molecule has 0 unspecified atom stereocenters. The first-order chi connectivity index (χ1) is 10.0. The largest absolute Gasteiger partial charge is 0.326 e. The topological polar surface area (TPSA) is 86.9 Å². The first kappa shape index (κ1) is 13.4. The molecule has 1 aromatic heterocycles. The molecule has 3 rings (SSSR count). The molecule has 0 fully saturated rings. The van der Waals surface area contributed by atoms with Gasteiger partial charge >= 0.3 is 0 Å². The average molecular weight is 284 g/mol. The Morgan fingerprint density at radius 2 is 2.10 bits per heavy atom. The number of aromatic amines is 1. The highest BCUT2D eigenvalue weighted by atomic mass is 16.2. The van der Waals surface area contributed by atoms with E-state index in [1.54, 1.807) is 13.0 Å². The zero-order valence-electron chi connectivity index (χ0n) is 11.9. The summed E-state index contributed by atoms with van der Waals surface area (Å²) in [5.41, 5.74) is 4.56. The summed E-state index contributed by atoms with van der Waals surface area (Å²) in [4.78, 5) is 23.6. The molecule has 0 saturated heterocycles. The zero-order chi connectivity index (χ0) is 15.0. The van der Waals surface area contributed by atoms with E-state index in [1.165, 1.54) is 0 Å². The number of carbonyl (C=O) groups is 2. The molecule has 0 saturated carbocycles. The fourth-order valence-electron chi connectivity index (χ4n) is 2.54. The predicted octanol–water partition coefficient (Wildman–Crippen LogP) is 2.16. The molecule has 0 bridgehead atoms. The van der Waals surface area contributed by atoms with Crippen molar-refractivity contribution in [2.75, 3.05) is 10.6 Å². The van der Waals surface area contributed by atoms with Crippen molar-refractivity contribution in [1.29, 1.82) is 0 Å². The summed E-state index contributed by atoms with van der Waals surface area (Å²) in [6.07, 6.45) is 1.17. The number of benzene rings is 1. The number of carbonyl (C=O) groups excluding carboxylic acids is 2. The summed E-state index contributed by atoms with van der Waals surface area (Å²) in [5.74, 6) is -0.150. The Hall–Kier alpha value is -2.63. The van der Waals surface area contributed by atoms with Gasteiger partial charge in [0, 0.05) is 23.5 Å². The standard InChI is InChI=1S/C15H16N4O2/c1-8-14(9(2)19-18-8)15(21)16-11-4-5-12-10(7-11)3-6-13(20)17-12/h4-5,7H,3,6H2,1-2H3,(H,16,21)(H,17,20)(H,18,19). The van der Waals surface area contributed by atoms with E-state index in [4.69, 9.17) is 0 Å². The van der Waals surface area contributed by atoms with E-state index < -0.39 is 0 Å². The highest BCUT2D eigenvalue weighted by molar-refractivity contribution is 6.06. The van der Waals surface area contributed by atoms with Gasteiger partial charge in [0.2, 0.25) is 5.91 Å². The number of aryl methyl sites for hydroxylation is 3. The maximum absolute atomic E-state index is 12.3. The van der Waals surface area contributed by atoms with Crippen molar-refractivity contribution in [3.8, 4) is 0 Å². The smallest absolute Gasteiger partial charge is 0.259 e. The fourth-order valence-corrected chi connectivity index (χ4v) is 2.54. The van der Waals surface area contributed by atoms with Crippen LogP contribution in [0, 0.1) is 13.8 Å². The van der Waals surface area contributed by atoms with Crippen LogP contribution in [0.3, 0.4) is 0 Å². The maximum atomic E-state index is 12.3. The third-order valence-electron chi connectivity index (χ3n) is 3.61. The van der Waals surface area contributed by atoms with Gasteiger partial charge in [0.15, 0.2) is 0 Å². The van der Waals surface area contributed by atoms with Gasteiger partial charge in [-0.15, -0.1) is 0 Å². The van der Waals surface area contributed by atoms with Gasteiger partial charge in [0.05, 0.1) is 11.3 Å². The molecule has 2 heterocycles. The quantitative estimate of drug-likeness (QED) is 0.789. The molecule has 0 atom stereocenters. The molecule has 1 aliphatic rings. The SMILES string of the molecule is Cc1n[nH]c(C)c1C(=O)Nc1ccc2c(c1)CCC(=O)N2. The Kier molecular flexibility index (Phi) is 3.21. The minimum Gasteiger partial charge on any atom is -0.326 e. The number of hydrogen-bond acceptors (Lipinski definition) is 3. The molecule has 3 N–H and O–H groups in total. The third kappa shape index (κ3) is 2.52. The van der Waals surface area contributed by atoms with Gasteiger partial charge in [0.25, 0.3) is 5.91 Å². The van der Waals surface area contributed by atoms with E-state index in [0.717, 1.165) is 22.6 Å². The number of rotatable bonds is 2. The Bertz CT molecular complexity index is 714. The van der Waals surface area contributed by atoms with Crippen LogP contribution in [-0.2, 0) is 11.2 Å². The van der Waals surface area contributed by atoms with Gasteiger partial charge < -0.3 is 10.6 Å². The van der Waals surface area contributed by atoms with E-state index >= 15 is 0 Å². The van der Waals surface area contributed by atoms with Crippen LogP contribution >= 0.6 is 0 Å². The van der Waals surface area contributed by atoms with Crippen molar-refractivity contribution in [2.45, 2.75) is 26.7 Å². The minimum atomic E-state index is -0.182. The molecule has 6 heteroatoms. The summed E-state index contributed by atoms with van der Waals surface area (Å²) in [7, 11) is 0. The molecule has 6 nitrogen and oxygen atoms in total. The van der Waals surface area contributed by atoms with E-state index in [1.807, 2.05) is 19.1 Å². The predicted molar refractivity (Wildman–Crippen MR) is 79.4 cm³/mol. The van der Waals surface area contributed by atoms with E-state index in [2.05, 4.69) is 20.8 Å². The van der Waals surface area contributed by atoms with Gasteiger partial charge in [-0.05, 0) is 44.0 Å². The van der Waals surface area contributed by atoms with Gasteiger partial charge in [-0.1, -0.05) is 0 Å².